The van der Waals surface area contributed by atoms with Crippen molar-refractivity contribution in [1.29, 1.82) is 0 Å². The fourth-order valence-corrected chi connectivity index (χ4v) is 2.27. The van der Waals surface area contributed by atoms with Gasteiger partial charge in [-0.15, -0.1) is 0 Å². The number of carbonyl (C=O) groups excluding carboxylic acids is 1. The summed E-state index contributed by atoms with van der Waals surface area (Å²) in [6.45, 7) is 1.37. The summed E-state index contributed by atoms with van der Waals surface area (Å²) in [5.74, 6) is -0.0990. The zero-order valence-electron chi connectivity index (χ0n) is 11.2. The predicted molar refractivity (Wildman–Crippen MR) is 74.7 cm³/mol. The van der Waals surface area contributed by atoms with Crippen LogP contribution in [0.4, 0.5) is 0 Å². The third-order valence-corrected chi connectivity index (χ3v) is 3.41. The molecule has 104 valence electrons. The highest BCUT2D eigenvalue weighted by molar-refractivity contribution is 5.81. The van der Waals surface area contributed by atoms with E-state index in [-0.39, 0.29) is 12.0 Å². The Labute approximate surface area is 114 Å². The molecule has 0 radical (unpaired) electrons. The molecule has 2 rings (SSSR count). The summed E-state index contributed by atoms with van der Waals surface area (Å²) in [7, 11) is 0. The topological polar surface area (TPSA) is 64.4 Å². The molecule has 4 nitrogen and oxygen atoms in total. The van der Waals surface area contributed by atoms with E-state index in [2.05, 4.69) is 5.32 Å². The van der Waals surface area contributed by atoms with Crippen LogP contribution in [0.1, 0.15) is 24.8 Å². The van der Waals surface area contributed by atoms with Gasteiger partial charge in [0.1, 0.15) is 0 Å². The van der Waals surface area contributed by atoms with Gasteiger partial charge in [-0.1, -0.05) is 30.3 Å². The lowest BCUT2D eigenvalue weighted by Crippen LogP contribution is -2.45. The van der Waals surface area contributed by atoms with Crippen LogP contribution in [0.3, 0.4) is 0 Å². The Morgan fingerprint density at radius 3 is 2.84 bits per heavy atom. The largest absolute Gasteiger partial charge is 0.376 e. The monoisotopic (exact) mass is 262 g/mol. The van der Waals surface area contributed by atoms with Gasteiger partial charge in [0.25, 0.3) is 0 Å². The first-order valence-corrected chi connectivity index (χ1v) is 6.94. The fourth-order valence-electron chi connectivity index (χ4n) is 2.27. The highest BCUT2D eigenvalue weighted by Crippen LogP contribution is 2.11. The molecule has 1 fully saturated rings. The van der Waals surface area contributed by atoms with Gasteiger partial charge in [-0.05, 0) is 31.2 Å². The van der Waals surface area contributed by atoms with Crippen LogP contribution in [-0.2, 0) is 16.0 Å². The predicted octanol–water partition coefficient (Wildman–Crippen LogP) is 1.24. The van der Waals surface area contributed by atoms with Gasteiger partial charge in [0.2, 0.25) is 5.91 Å². The summed E-state index contributed by atoms with van der Waals surface area (Å²) >= 11 is 0. The summed E-state index contributed by atoms with van der Waals surface area (Å²) < 4.78 is 5.57. The lowest BCUT2D eigenvalue weighted by atomic mass is 10.1. The van der Waals surface area contributed by atoms with Gasteiger partial charge in [0, 0.05) is 13.2 Å². The van der Waals surface area contributed by atoms with Gasteiger partial charge in [0.15, 0.2) is 0 Å². The molecule has 2 atom stereocenters. The third kappa shape index (κ3) is 4.65. The zero-order valence-corrected chi connectivity index (χ0v) is 11.2. The van der Waals surface area contributed by atoms with Crippen molar-refractivity contribution in [3.05, 3.63) is 35.9 Å². The average Bonchev–Trinajstić information content (AvgIpc) is 2.47. The molecule has 1 aromatic carbocycles. The van der Waals surface area contributed by atoms with Crippen molar-refractivity contribution >= 4 is 5.91 Å². The molecular weight excluding hydrogens is 240 g/mol. The van der Waals surface area contributed by atoms with E-state index in [4.69, 9.17) is 10.5 Å². The maximum atomic E-state index is 11.9. The van der Waals surface area contributed by atoms with Crippen LogP contribution in [0.5, 0.6) is 0 Å². The first-order valence-electron chi connectivity index (χ1n) is 6.94. The second-order valence-corrected chi connectivity index (χ2v) is 5.03. The molecule has 1 aromatic rings. The maximum Gasteiger partial charge on any atom is 0.237 e. The number of hydrogen-bond acceptors (Lipinski definition) is 3. The number of ether oxygens (including phenoxy) is 1. The van der Waals surface area contributed by atoms with Gasteiger partial charge in [-0.3, -0.25) is 4.79 Å². The minimum absolute atomic E-state index is 0.0990. The molecule has 0 aliphatic carbocycles. The van der Waals surface area contributed by atoms with Crippen molar-refractivity contribution in [3.63, 3.8) is 0 Å². The van der Waals surface area contributed by atoms with Crippen molar-refractivity contribution in [2.45, 2.75) is 37.8 Å². The Morgan fingerprint density at radius 2 is 2.16 bits per heavy atom. The Kier molecular flexibility index (Phi) is 5.36. The van der Waals surface area contributed by atoms with E-state index in [0.717, 1.165) is 25.0 Å². The van der Waals surface area contributed by atoms with Gasteiger partial charge in [-0.25, -0.2) is 0 Å². The molecule has 1 aliphatic heterocycles. The first kappa shape index (κ1) is 14.0. The Morgan fingerprint density at radius 1 is 1.37 bits per heavy atom. The van der Waals surface area contributed by atoms with Gasteiger partial charge in [0.05, 0.1) is 12.1 Å². The normalized spacial score (nSPS) is 20.8. The molecule has 19 heavy (non-hydrogen) atoms. The summed E-state index contributed by atoms with van der Waals surface area (Å²) in [4.78, 5) is 11.9. The fraction of sp³-hybridized carbons (Fsp3) is 0.533. The first-order chi connectivity index (χ1) is 9.25. The van der Waals surface area contributed by atoms with Crippen LogP contribution in [0.2, 0.25) is 0 Å². The number of hydrogen-bond donors (Lipinski definition) is 2. The van der Waals surface area contributed by atoms with Crippen LogP contribution in [0, 0.1) is 0 Å². The summed E-state index contributed by atoms with van der Waals surface area (Å²) in [6.07, 6.45) is 4.04. The van der Waals surface area contributed by atoms with E-state index in [1.54, 1.807) is 0 Å². The second kappa shape index (κ2) is 7.26. The molecule has 4 heteroatoms. The molecule has 0 bridgehead atoms. The van der Waals surface area contributed by atoms with E-state index < -0.39 is 6.04 Å². The number of nitrogens with two attached hydrogens (primary N) is 1. The minimum atomic E-state index is -0.494. The van der Waals surface area contributed by atoms with Crippen molar-refractivity contribution in [3.8, 4) is 0 Å². The highest BCUT2D eigenvalue weighted by Gasteiger charge is 2.18. The van der Waals surface area contributed by atoms with Crippen LogP contribution in [0.25, 0.3) is 0 Å². The highest BCUT2D eigenvalue weighted by atomic mass is 16.5. The number of benzene rings is 1. The van der Waals surface area contributed by atoms with Crippen molar-refractivity contribution < 1.29 is 9.53 Å². The molecule has 0 aromatic heterocycles. The Bertz CT molecular complexity index is 388. The third-order valence-electron chi connectivity index (χ3n) is 3.41. The number of amides is 1. The molecule has 1 saturated heterocycles. The van der Waals surface area contributed by atoms with Crippen molar-refractivity contribution in [2.75, 3.05) is 13.2 Å². The number of carbonyl (C=O) groups is 1. The summed E-state index contributed by atoms with van der Waals surface area (Å²) in [5.41, 5.74) is 6.99. The lowest BCUT2D eigenvalue weighted by Gasteiger charge is -2.23. The molecular formula is C15H22N2O2. The van der Waals surface area contributed by atoms with E-state index >= 15 is 0 Å². The smallest absolute Gasteiger partial charge is 0.237 e. The SMILES string of the molecule is NC(Cc1ccccc1)C(=O)NCC1CCCCO1. The van der Waals surface area contributed by atoms with Crippen LogP contribution < -0.4 is 11.1 Å². The average molecular weight is 262 g/mol. The minimum Gasteiger partial charge on any atom is -0.376 e. The molecule has 1 aliphatic rings. The standard InChI is InChI=1S/C15H22N2O2/c16-14(10-12-6-2-1-3-7-12)15(18)17-11-13-8-4-5-9-19-13/h1-3,6-7,13-14H,4-5,8-11,16H2,(H,17,18). The van der Waals surface area contributed by atoms with Crippen LogP contribution in [-0.4, -0.2) is 31.2 Å². The van der Waals surface area contributed by atoms with Gasteiger partial charge < -0.3 is 15.8 Å². The van der Waals surface area contributed by atoms with Crippen molar-refractivity contribution in [1.82, 2.24) is 5.32 Å². The van der Waals surface area contributed by atoms with Crippen molar-refractivity contribution in [2.24, 2.45) is 5.73 Å². The summed E-state index contributed by atoms with van der Waals surface area (Å²) in [5, 5.41) is 2.88. The van der Waals surface area contributed by atoms with Gasteiger partial charge >= 0.3 is 0 Å². The number of rotatable bonds is 5. The summed E-state index contributed by atoms with van der Waals surface area (Å²) in [6, 6.07) is 9.33. The molecule has 1 heterocycles. The molecule has 0 spiro atoms. The van der Waals surface area contributed by atoms with Crippen LogP contribution >= 0.6 is 0 Å². The number of nitrogens with one attached hydrogen (secondary N) is 1. The van der Waals surface area contributed by atoms with E-state index in [0.29, 0.717) is 13.0 Å². The maximum absolute atomic E-state index is 11.9. The van der Waals surface area contributed by atoms with Gasteiger partial charge in [-0.2, -0.15) is 0 Å². The molecule has 2 unspecified atom stereocenters. The molecule has 3 N–H and O–H groups in total. The Balaban J connectivity index is 1.73. The van der Waals surface area contributed by atoms with E-state index in [9.17, 15) is 4.79 Å². The molecule has 1 amide bonds. The zero-order chi connectivity index (χ0) is 13.5. The lowest BCUT2D eigenvalue weighted by molar-refractivity contribution is -0.123. The second-order valence-electron chi connectivity index (χ2n) is 5.03. The quantitative estimate of drug-likeness (QED) is 0.839. The van der Waals surface area contributed by atoms with E-state index in [1.807, 2.05) is 30.3 Å². The molecule has 0 saturated carbocycles. The Hall–Kier alpha value is -1.39. The van der Waals surface area contributed by atoms with Crippen LogP contribution in [0.15, 0.2) is 30.3 Å². The van der Waals surface area contributed by atoms with E-state index in [1.165, 1.54) is 6.42 Å².